The molecular weight excluding hydrogens is 364 g/mol. The van der Waals surface area contributed by atoms with Gasteiger partial charge in [0.15, 0.2) is 0 Å². The number of hydrogen-bond donors (Lipinski definition) is 0. The van der Waals surface area contributed by atoms with Crippen molar-refractivity contribution in [2.24, 2.45) is 0 Å². The molecule has 2 aliphatic rings. The molecule has 0 bridgehead atoms. The van der Waals surface area contributed by atoms with E-state index in [1.165, 1.54) is 16.7 Å². The Hall–Kier alpha value is -2.36. The van der Waals surface area contributed by atoms with Gasteiger partial charge >= 0.3 is 0 Å². The number of benzene rings is 2. The quantitative estimate of drug-likeness (QED) is 0.628. The summed E-state index contributed by atoms with van der Waals surface area (Å²) in [6.07, 6.45) is 3.95. The molecular formula is C25H32O4. The third-order valence-electron chi connectivity index (χ3n) is 5.76. The molecule has 4 heteroatoms. The zero-order valence-corrected chi connectivity index (χ0v) is 18.0. The lowest BCUT2D eigenvalue weighted by atomic mass is 9.86. The Balaban J connectivity index is 1.59. The van der Waals surface area contributed by atoms with Crippen molar-refractivity contribution >= 4 is 0 Å². The highest BCUT2D eigenvalue weighted by atomic mass is 16.5. The average molecular weight is 397 g/mol. The molecule has 2 heterocycles. The summed E-state index contributed by atoms with van der Waals surface area (Å²) < 4.78 is 24.2. The van der Waals surface area contributed by atoms with Crippen LogP contribution in [-0.4, -0.2) is 25.4 Å². The molecule has 0 radical (unpaired) electrons. The second kappa shape index (κ2) is 8.17. The van der Waals surface area contributed by atoms with E-state index in [9.17, 15) is 0 Å². The first-order valence-corrected chi connectivity index (χ1v) is 10.9. The van der Waals surface area contributed by atoms with Crippen LogP contribution < -0.4 is 18.9 Å². The molecule has 0 aromatic heterocycles. The van der Waals surface area contributed by atoms with Crippen molar-refractivity contribution in [2.45, 2.75) is 64.9 Å². The first kappa shape index (κ1) is 19.9. The Morgan fingerprint density at radius 1 is 1.10 bits per heavy atom. The zero-order chi connectivity index (χ0) is 20.4. The molecule has 2 aromatic rings. The van der Waals surface area contributed by atoms with Crippen LogP contribution in [0.2, 0.25) is 0 Å². The third kappa shape index (κ3) is 4.17. The Kier molecular flexibility index (Phi) is 5.62. The summed E-state index contributed by atoms with van der Waals surface area (Å²) in [5.74, 6) is 4.05. The molecule has 156 valence electrons. The van der Waals surface area contributed by atoms with Crippen LogP contribution in [0.5, 0.6) is 23.0 Å². The summed E-state index contributed by atoms with van der Waals surface area (Å²) in [4.78, 5) is 0. The molecule has 0 saturated heterocycles. The van der Waals surface area contributed by atoms with Crippen molar-refractivity contribution in [1.29, 1.82) is 0 Å². The maximum atomic E-state index is 6.32. The SMILES string of the molecule is CCCOc1ccc([C@H]2COc3c(ccc4c3CCC(C)(C)O4)C2)c(OCC)c1. The van der Waals surface area contributed by atoms with Crippen molar-refractivity contribution in [1.82, 2.24) is 0 Å². The van der Waals surface area contributed by atoms with Crippen molar-refractivity contribution in [2.75, 3.05) is 19.8 Å². The smallest absolute Gasteiger partial charge is 0.129 e. The maximum absolute atomic E-state index is 6.32. The first-order valence-electron chi connectivity index (χ1n) is 10.9. The van der Waals surface area contributed by atoms with Crippen LogP contribution in [0.25, 0.3) is 0 Å². The van der Waals surface area contributed by atoms with E-state index < -0.39 is 0 Å². The van der Waals surface area contributed by atoms with Crippen LogP contribution in [0.15, 0.2) is 30.3 Å². The van der Waals surface area contributed by atoms with E-state index in [4.69, 9.17) is 18.9 Å². The van der Waals surface area contributed by atoms with E-state index in [-0.39, 0.29) is 11.5 Å². The largest absolute Gasteiger partial charge is 0.493 e. The molecule has 0 fully saturated rings. The van der Waals surface area contributed by atoms with E-state index in [1.807, 2.05) is 19.1 Å². The summed E-state index contributed by atoms with van der Waals surface area (Å²) in [6.45, 7) is 10.4. The minimum absolute atomic E-state index is 0.105. The first-order chi connectivity index (χ1) is 14.0. The van der Waals surface area contributed by atoms with Gasteiger partial charge in [-0.25, -0.2) is 0 Å². The van der Waals surface area contributed by atoms with Crippen LogP contribution in [0, 0.1) is 0 Å². The van der Waals surface area contributed by atoms with Gasteiger partial charge in [-0.2, -0.15) is 0 Å². The topological polar surface area (TPSA) is 36.9 Å². The molecule has 2 aromatic carbocycles. The Labute approximate surface area is 174 Å². The fourth-order valence-electron chi connectivity index (χ4n) is 4.26. The standard InChI is InChI=1S/C25H32O4/c1-5-13-27-19-8-9-20(23(15-19)26-6-2)18-14-17-7-10-22-21(24(17)28-16-18)11-12-25(3,4)29-22/h7-10,15,18H,5-6,11-14,16H2,1-4H3/t18-/m1/s1. The lowest BCUT2D eigenvalue weighted by molar-refractivity contribution is 0.0826. The maximum Gasteiger partial charge on any atom is 0.129 e. The summed E-state index contributed by atoms with van der Waals surface area (Å²) in [6, 6.07) is 10.5. The van der Waals surface area contributed by atoms with Crippen molar-refractivity contribution < 1.29 is 18.9 Å². The van der Waals surface area contributed by atoms with Crippen LogP contribution in [0.3, 0.4) is 0 Å². The van der Waals surface area contributed by atoms with Crippen molar-refractivity contribution in [3.05, 3.63) is 47.0 Å². The highest BCUT2D eigenvalue weighted by Gasteiger charge is 2.32. The summed E-state index contributed by atoms with van der Waals surface area (Å²) in [5.41, 5.74) is 3.58. The highest BCUT2D eigenvalue weighted by molar-refractivity contribution is 5.54. The number of hydrogen-bond acceptors (Lipinski definition) is 4. The molecule has 0 unspecified atom stereocenters. The Morgan fingerprint density at radius 2 is 1.97 bits per heavy atom. The fraction of sp³-hybridized carbons (Fsp3) is 0.520. The minimum atomic E-state index is -0.105. The molecule has 2 aliphatic heterocycles. The zero-order valence-electron chi connectivity index (χ0n) is 18.0. The normalized spacial score (nSPS) is 19.4. The van der Waals surface area contributed by atoms with E-state index in [1.54, 1.807) is 0 Å². The number of rotatable bonds is 6. The van der Waals surface area contributed by atoms with Gasteiger partial charge in [0.1, 0.15) is 28.6 Å². The predicted molar refractivity (Wildman–Crippen MR) is 115 cm³/mol. The summed E-state index contributed by atoms with van der Waals surface area (Å²) in [5, 5.41) is 0. The predicted octanol–water partition coefficient (Wildman–Crippen LogP) is 5.70. The molecule has 1 atom stereocenters. The second-order valence-corrected chi connectivity index (χ2v) is 8.59. The molecule has 0 N–H and O–H groups in total. The molecule has 29 heavy (non-hydrogen) atoms. The van der Waals surface area contributed by atoms with Gasteiger partial charge in [0.25, 0.3) is 0 Å². The van der Waals surface area contributed by atoms with E-state index in [0.717, 1.165) is 55.3 Å². The van der Waals surface area contributed by atoms with E-state index in [2.05, 4.69) is 39.0 Å². The molecule has 4 nitrogen and oxygen atoms in total. The van der Waals surface area contributed by atoms with Crippen LogP contribution in [0.1, 0.15) is 63.1 Å². The van der Waals surface area contributed by atoms with Gasteiger partial charge in [0, 0.05) is 23.1 Å². The molecule has 0 aliphatic carbocycles. The molecule has 0 saturated carbocycles. The monoisotopic (exact) mass is 396 g/mol. The van der Waals surface area contributed by atoms with Crippen LogP contribution >= 0.6 is 0 Å². The highest BCUT2D eigenvalue weighted by Crippen LogP contribution is 2.45. The van der Waals surface area contributed by atoms with Crippen LogP contribution in [-0.2, 0) is 12.8 Å². The second-order valence-electron chi connectivity index (χ2n) is 8.59. The van der Waals surface area contributed by atoms with Crippen LogP contribution in [0.4, 0.5) is 0 Å². The fourth-order valence-corrected chi connectivity index (χ4v) is 4.26. The molecule has 0 spiro atoms. The Morgan fingerprint density at radius 3 is 2.76 bits per heavy atom. The van der Waals surface area contributed by atoms with Gasteiger partial charge in [0.2, 0.25) is 0 Å². The minimum Gasteiger partial charge on any atom is -0.493 e. The van der Waals surface area contributed by atoms with Gasteiger partial charge in [0.05, 0.1) is 19.8 Å². The van der Waals surface area contributed by atoms with Gasteiger partial charge in [-0.1, -0.05) is 19.1 Å². The van der Waals surface area contributed by atoms with Gasteiger partial charge in [-0.05, 0) is 64.2 Å². The lowest BCUT2D eigenvalue weighted by Gasteiger charge is -2.36. The molecule has 4 rings (SSSR count). The van der Waals surface area contributed by atoms with Gasteiger partial charge in [-0.15, -0.1) is 0 Å². The average Bonchev–Trinajstić information content (AvgIpc) is 2.71. The Bertz CT molecular complexity index is 871. The number of ether oxygens (including phenoxy) is 4. The van der Waals surface area contributed by atoms with Crippen molar-refractivity contribution in [3.63, 3.8) is 0 Å². The number of fused-ring (bicyclic) bond motifs is 3. The van der Waals surface area contributed by atoms with E-state index in [0.29, 0.717) is 13.2 Å². The third-order valence-corrected chi connectivity index (χ3v) is 5.76. The molecule has 0 amide bonds. The van der Waals surface area contributed by atoms with Gasteiger partial charge in [-0.3, -0.25) is 0 Å². The summed E-state index contributed by atoms with van der Waals surface area (Å²) >= 11 is 0. The lowest BCUT2D eigenvalue weighted by Crippen LogP contribution is -2.33. The van der Waals surface area contributed by atoms with Crippen molar-refractivity contribution in [3.8, 4) is 23.0 Å². The van der Waals surface area contributed by atoms with E-state index >= 15 is 0 Å². The summed E-state index contributed by atoms with van der Waals surface area (Å²) in [7, 11) is 0. The van der Waals surface area contributed by atoms with Gasteiger partial charge < -0.3 is 18.9 Å².